The molecule has 32 heavy (non-hydrogen) atoms. The van der Waals surface area contributed by atoms with E-state index in [1.807, 2.05) is 26.0 Å². The molecule has 0 amide bonds. The topological polar surface area (TPSA) is 26.3 Å². The monoisotopic (exact) mass is 438 g/mol. The highest BCUT2D eigenvalue weighted by Crippen LogP contribution is 2.37. The summed E-state index contributed by atoms with van der Waals surface area (Å²) in [5.74, 6) is -0.486. The summed E-state index contributed by atoms with van der Waals surface area (Å²) in [6, 6.07) is 38.4. The number of hydrogen-bond donors (Lipinski definition) is 0. The van der Waals surface area contributed by atoms with Crippen LogP contribution in [0.4, 0.5) is 0 Å². The van der Waals surface area contributed by atoms with Gasteiger partial charge in [0.05, 0.1) is 12.5 Å². The van der Waals surface area contributed by atoms with Gasteiger partial charge in [-0.15, -0.1) is 0 Å². The van der Waals surface area contributed by atoms with Crippen molar-refractivity contribution < 1.29 is 9.53 Å². The first-order valence-electron chi connectivity index (χ1n) is 10.9. The SMILES string of the molecule is CCOC(=O)C(C)c1cccc(-c2ccccc2P(c2ccccc2)c2ccccc2)c1. The van der Waals surface area contributed by atoms with E-state index in [-0.39, 0.29) is 11.9 Å². The molecule has 160 valence electrons. The summed E-state index contributed by atoms with van der Waals surface area (Å²) in [6.45, 7) is 4.14. The lowest BCUT2D eigenvalue weighted by molar-refractivity contribution is -0.144. The van der Waals surface area contributed by atoms with Crippen molar-refractivity contribution in [3.8, 4) is 11.1 Å². The minimum Gasteiger partial charge on any atom is -0.466 e. The van der Waals surface area contributed by atoms with Crippen molar-refractivity contribution in [2.75, 3.05) is 6.61 Å². The zero-order valence-electron chi connectivity index (χ0n) is 18.4. The predicted molar refractivity (Wildman–Crippen MR) is 136 cm³/mol. The van der Waals surface area contributed by atoms with Crippen molar-refractivity contribution in [1.29, 1.82) is 0 Å². The molecule has 0 aliphatic rings. The van der Waals surface area contributed by atoms with Gasteiger partial charge in [0, 0.05) is 0 Å². The van der Waals surface area contributed by atoms with E-state index in [4.69, 9.17) is 4.74 Å². The molecule has 0 bridgehead atoms. The van der Waals surface area contributed by atoms with E-state index in [1.165, 1.54) is 21.5 Å². The molecule has 0 saturated heterocycles. The molecule has 0 spiro atoms. The Morgan fingerprint density at radius 1 is 0.781 bits per heavy atom. The van der Waals surface area contributed by atoms with Gasteiger partial charge in [0.2, 0.25) is 0 Å². The molecular weight excluding hydrogens is 411 g/mol. The van der Waals surface area contributed by atoms with E-state index < -0.39 is 7.92 Å². The van der Waals surface area contributed by atoms with E-state index in [0.29, 0.717) is 6.61 Å². The van der Waals surface area contributed by atoms with Crippen LogP contribution in [-0.4, -0.2) is 12.6 Å². The van der Waals surface area contributed by atoms with Gasteiger partial charge in [-0.3, -0.25) is 4.79 Å². The summed E-state index contributed by atoms with van der Waals surface area (Å²) in [4.78, 5) is 12.3. The number of rotatable bonds is 7. The van der Waals surface area contributed by atoms with Gasteiger partial charge in [-0.2, -0.15) is 0 Å². The van der Waals surface area contributed by atoms with Gasteiger partial charge in [0.25, 0.3) is 0 Å². The van der Waals surface area contributed by atoms with Crippen LogP contribution in [0.15, 0.2) is 109 Å². The van der Waals surface area contributed by atoms with Gasteiger partial charge in [0.1, 0.15) is 0 Å². The zero-order valence-corrected chi connectivity index (χ0v) is 19.3. The van der Waals surface area contributed by atoms with E-state index in [0.717, 1.165) is 11.1 Å². The van der Waals surface area contributed by atoms with Crippen molar-refractivity contribution in [3.63, 3.8) is 0 Å². The van der Waals surface area contributed by atoms with Crippen LogP contribution in [0.1, 0.15) is 25.3 Å². The Bertz CT molecular complexity index is 1130. The number of hydrogen-bond acceptors (Lipinski definition) is 2. The van der Waals surface area contributed by atoms with Crippen molar-refractivity contribution in [1.82, 2.24) is 0 Å². The third-order valence-corrected chi connectivity index (χ3v) is 8.01. The molecule has 4 rings (SSSR count). The highest BCUT2D eigenvalue weighted by Gasteiger charge is 2.21. The van der Waals surface area contributed by atoms with Crippen LogP contribution in [0, 0.1) is 0 Å². The second-order valence-electron chi connectivity index (χ2n) is 7.62. The van der Waals surface area contributed by atoms with E-state index >= 15 is 0 Å². The summed E-state index contributed by atoms with van der Waals surface area (Å²) >= 11 is 0. The molecule has 0 aliphatic heterocycles. The van der Waals surface area contributed by atoms with Gasteiger partial charge < -0.3 is 4.74 Å². The smallest absolute Gasteiger partial charge is 0.313 e. The number of carbonyl (C=O) groups is 1. The summed E-state index contributed by atoms with van der Waals surface area (Å²) in [5, 5.41) is 3.94. The van der Waals surface area contributed by atoms with Gasteiger partial charge in [0.15, 0.2) is 0 Å². The molecule has 1 unspecified atom stereocenters. The fourth-order valence-corrected chi connectivity index (χ4v) is 6.35. The maximum absolute atomic E-state index is 12.3. The molecule has 3 heteroatoms. The maximum Gasteiger partial charge on any atom is 0.313 e. The fourth-order valence-electron chi connectivity index (χ4n) is 3.87. The number of ether oxygens (including phenoxy) is 1. The zero-order chi connectivity index (χ0) is 22.3. The average Bonchev–Trinajstić information content (AvgIpc) is 2.86. The minimum atomic E-state index is -0.725. The van der Waals surface area contributed by atoms with Crippen molar-refractivity contribution in [2.24, 2.45) is 0 Å². The minimum absolute atomic E-state index is 0.186. The van der Waals surface area contributed by atoms with Gasteiger partial charge in [-0.05, 0) is 54.4 Å². The standard InChI is InChI=1S/C29H27O2P/c1-3-31-29(30)22(2)23-13-12-14-24(21-23)27-19-10-11-20-28(27)32(25-15-6-4-7-16-25)26-17-8-5-9-18-26/h4-22H,3H2,1-2H3. The second kappa shape index (κ2) is 10.4. The maximum atomic E-state index is 12.3. The first-order valence-corrected chi connectivity index (χ1v) is 12.3. The fraction of sp³-hybridized carbons (Fsp3) is 0.138. The first kappa shape index (κ1) is 22.0. The van der Waals surface area contributed by atoms with Gasteiger partial charge >= 0.3 is 5.97 Å². The predicted octanol–water partition coefficient (Wildman–Crippen LogP) is 5.78. The Morgan fingerprint density at radius 3 is 2.00 bits per heavy atom. The van der Waals surface area contributed by atoms with Crippen LogP contribution in [-0.2, 0) is 9.53 Å². The lowest BCUT2D eigenvalue weighted by Crippen LogP contribution is -2.22. The third kappa shape index (κ3) is 4.82. The van der Waals surface area contributed by atoms with E-state index in [2.05, 4.69) is 97.1 Å². The van der Waals surface area contributed by atoms with E-state index in [9.17, 15) is 4.79 Å². The van der Waals surface area contributed by atoms with Crippen molar-refractivity contribution in [3.05, 3.63) is 115 Å². The van der Waals surface area contributed by atoms with Crippen molar-refractivity contribution >= 4 is 29.8 Å². The highest BCUT2D eigenvalue weighted by molar-refractivity contribution is 7.80. The molecule has 0 fully saturated rings. The average molecular weight is 439 g/mol. The summed E-state index contributed by atoms with van der Waals surface area (Å²) in [7, 11) is -0.725. The van der Waals surface area contributed by atoms with Crippen LogP contribution >= 0.6 is 7.92 Å². The Kier molecular flexibility index (Phi) is 7.14. The summed E-state index contributed by atoms with van der Waals surface area (Å²) in [6.07, 6.45) is 0. The largest absolute Gasteiger partial charge is 0.466 e. The molecular formula is C29H27O2P. The van der Waals surface area contributed by atoms with Gasteiger partial charge in [-0.25, -0.2) is 0 Å². The molecule has 0 aliphatic carbocycles. The number of benzene rings is 4. The third-order valence-electron chi connectivity index (χ3n) is 5.51. The lowest BCUT2D eigenvalue weighted by Gasteiger charge is -2.23. The Morgan fingerprint density at radius 2 is 1.38 bits per heavy atom. The quantitative estimate of drug-likeness (QED) is 0.270. The summed E-state index contributed by atoms with van der Waals surface area (Å²) in [5.41, 5.74) is 3.29. The van der Waals surface area contributed by atoms with Crippen LogP contribution in [0.3, 0.4) is 0 Å². The van der Waals surface area contributed by atoms with Crippen LogP contribution in [0.5, 0.6) is 0 Å². The second-order valence-corrected chi connectivity index (χ2v) is 9.81. The van der Waals surface area contributed by atoms with Crippen LogP contribution in [0.25, 0.3) is 11.1 Å². The number of carbonyl (C=O) groups excluding carboxylic acids is 1. The molecule has 0 saturated carbocycles. The number of esters is 1. The van der Waals surface area contributed by atoms with E-state index in [1.54, 1.807) is 0 Å². The molecule has 0 aromatic heterocycles. The Hall–Kier alpha value is -3.22. The molecule has 2 nitrogen and oxygen atoms in total. The first-order chi connectivity index (χ1) is 15.7. The lowest BCUT2D eigenvalue weighted by atomic mass is 9.96. The highest BCUT2D eigenvalue weighted by atomic mass is 31.1. The van der Waals surface area contributed by atoms with Gasteiger partial charge in [-0.1, -0.05) is 109 Å². The Balaban J connectivity index is 1.82. The van der Waals surface area contributed by atoms with Crippen LogP contribution in [0.2, 0.25) is 0 Å². The van der Waals surface area contributed by atoms with Crippen LogP contribution < -0.4 is 15.9 Å². The molecule has 0 N–H and O–H groups in total. The Labute approximate surface area is 191 Å². The molecule has 0 heterocycles. The summed E-state index contributed by atoms with van der Waals surface area (Å²) < 4.78 is 5.25. The molecule has 4 aromatic carbocycles. The molecule has 0 radical (unpaired) electrons. The molecule has 4 aromatic rings. The normalized spacial score (nSPS) is 11.8. The van der Waals surface area contributed by atoms with Crippen molar-refractivity contribution in [2.45, 2.75) is 19.8 Å². The molecule has 1 atom stereocenters.